The molecule has 0 spiro atoms. The molecule has 0 aromatic heterocycles. The Morgan fingerprint density at radius 3 is 2.29 bits per heavy atom. The van der Waals surface area contributed by atoms with Gasteiger partial charge in [0.25, 0.3) is 0 Å². The van der Waals surface area contributed by atoms with Crippen LogP contribution in [0.25, 0.3) is 0 Å². The molecule has 1 rings (SSSR count). The van der Waals surface area contributed by atoms with E-state index < -0.39 is 29.8 Å². The van der Waals surface area contributed by atoms with E-state index in [-0.39, 0.29) is 5.92 Å². The van der Waals surface area contributed by atoms with Gasteiger partial charge >= 0.3 is 18.2 Å². The number of carbonyl (C=O) groups is 3. The number of carbonyl (C=O) groups excluding carboxylic acids is 3. The van der Waals surface area contributed by atoms with Crippen LogP contribution in [0.1, 0.15) is 34.6 Å². The quantitative estimate of drug-likeness (QED) is 0.519. The molecule has 1 atom stereocenters. The molecular weight excluding hydrogens is 226 g/mol. The third kappa shape index (κ3) is 2.95. The maximum absolute atomic E-state index is 11.8. The summed E-state index contributed by atoms with van der Waals surface area (Å²) in [6.07, 6.45) is -1.82. The van der Waals surface area contributed by atoms with Crippen molar-refractivity contribution in [1.82, 2.24) is 4.90 Å². The zero-order chi connectivity index (χ0) is 13.4. The van der Waals surface area contributed by atoms with Crippen LogP contribution in [0, 0.1) is 5.92 Å². The fraction of sp³-hybridized carbons (Fsp3) is 0.727. The molecule has 96 valence electrons. The van der Waals surface area contributed by atoms with Crippen molar-refractivity contribution in [2.24, 2.45) is 5.92 Å². The van der Waals surface area contributed by atoms with Crippen LogP contribution in [0.4, 0.5) is 9.59 Å². The number of nitrogens with zero attached hydrogens (tertiary/aromatic N) is 1. The summed E-state index contributed by atoms with van der Waals surface area (Å²) in [5, 5.41) is 0. The number of rotatable bonds is 1. The van der Waals surface area contributed by atoms with Crippen LogP contribution >= 0.6 is 0 Å². The van der Waals surface area contributed by atoms with Gasteiger partial charge in [-0.2, -0.15) is 4.90 Å². The summed E-state index contributed by atoms with van der Waals surface area (Å²) in [5.74, 6) is -0.933. The van der Waals surface area contributed by atoms with E-state index in [1.54, 1.807) is 34.6 Å². The van der Waals surface area contributed by atoms with Crippen LogP contribution in [0.5, 0.6) is 0 Å². The highest BCUT2D eigenvalue weighted by Gasteiger charge is 2.48. The summed E-state index contributed by atoms with van der Waals surface area (Å²) >= 11 is 0. The molecule has 1 heterocycles. The Kier molecular flexibility index (Phi) is 3.45. The monoisotopic (exact) mass is 243 g/mol. The van der Waals surface area contributed by atoms with Crippen LogP contribution in [0.15, 0.2) is 0 Å². The van der Waals surface area contributed by atoms with Crippen molar-refractivity contribution >= 4 is 18.2 Å². The highest BCUT2D eigenvalue weighted by Crippen LogP contribution is 2.23. The van der Waals surface area contributed by atoms with Crippen molar-refractivity contribution < 1.29 is 23.9 Å². The van der Waals surface area contributed by atoms with Gasteiger partial charge in [-0.05, 0) is 26.7 Å². The Bertz CT molecular complexity index is 355. The summed E-state index contributed by atoms with van der Waals surface area (Å²) in [4.78, 5) is 35.3. The Morgan fingerprint density at radius 1 is 1.35 bits per heavy atom. The standard InChI is InChI=1S/C11H17NO5/c1-6(2)7-8(13)16-9(14)12(7)10(15)17-11(3,4)5/h6-7H,1-5H3. The summed E-state index contributed by atoms with van der Waals surface area (Å²) in [6, 6.07) is -0.905. The number of imide groups is 1. The molecule has 1 aliphatic heterocycles. The van der Waals surface area contributed by atoms with Gasteiger partial charge < -0.3 is 9.47 Å². The highest BCUT2D eigenvalue weighted by molar-refractivity contribution is 6.03. The fourth-order valence-electron chi connectivity index (χ4n) is 1.48. The predicted octanol–water partition coefficient (Wildman–Crippen LogP) is 1.92. The molecule has 6 nitrogen and oxygen atoms in total. The number of esters is 1. The van der Waals surface area contributed by atoms with Gasteiger partial charge in [-0.15, -0.1) is 0 Å². The number of hydrogen-bond donors (Lipinski definition) is 0. The smallest absolute Gasteiger partial charge is 0.427 e. The Balaban J connectivity index is 2.90. The van der Waals surface area contributed by atoms with E-state index in [1.807, 2.05) is 0 Å². The normalized spacial score (nSPS) is 20.8. The number of cyclic esters (lactones) is 2. The average Bonchev–Trinajstić information content (AvgIpc) is 2.37. The second kappa shape index (κ2) is 4.35. The van der Waals surface area contributed by atoms with Crippen molar-refractivity contribution in [3.63, 3.8) is 0 Å². The third-order valence-electron chi connectivity index (χ3n) is 2.13. The lowest BCUT2D eigenvalue weighted by Crippen LogP contribution is -2.45. The molecule has 0 aromatic rings. The molecule has 0 saturated carbocycles. The van der Waals surface area contributed by atoms with Gasteiger partial charge in [-0.3, -0.25) is 0 Å². The lowest BCUT2D eigenvalue weighted by molar-refractivity contribution is -0.136. The number of amides is 2. The van der Waals surface area contributed by atoms with Crippen LogP contribution in [0.3, 0.4) is 0 Å². The number of hydrogen-bond acceptors (Lipinski definition) is 5. The Morgan fingerprint density at radius 2 is 1.88 bits per heavy atom. The molecule has 0 bridgehead atoms. The second-order valence-electron chi connectivity index (χ2n) is 5.23. The summed E-state index contributed by atoms with van der Waals surface area (Å²) in [6.45, 7) is 8.49. The summed E-state index contributed by atoms with van der Waals surface area (Å²) < 4.78 is 9.49. The van der Waals surface area contributed by atoms with Gasteiger partial charge in [0.2, 0.25) is 0 Å². The summed E-state index contributed by atoms with van der Waals surface area (Å²) in [5.41, 5.74) is -0.732. The van der Waals surface area contributed by atoms with E-state index in [0.29, 0.717) is 0 Å². The van der Waals surface area contributed by atoms with Gasteiger partial charge in [0.15, 0.2) is 0 Å². The molecule has 1 saturated heterocycles. The summed E-state index contributed by atoms with van der Waals surface area (Å²) in [7, 11) is 0. The molecule has 0 aliphatic carbocycles. The van der Waals surface area contributed by atoms with Crippen LogP contribution < -0.4 is 0 Å². The van der Waals surface area contributed by atoms with Crippen molar-refractivity contribution in [1.29, 1.82) is 0 Å². The van der Waals surface area contributed by atoms with Gasteiger partial charge in [-0.1, -0.05) is 13.8 Å². The average molecular weight is 243 g/mol. The van der Waals surface area contributed by atoms with E-state index in [2.05, 4.69) is 4.74 Å². The van der Waals surface area contributed by atoms with Gasteiger partial charge in [0, 0.05) is 0 Å². The maximum Gasteiger partial charge on any atom is 0.427 e. The van der Waals surface area contributed by atoms with E-state index in [4.69, 9.17) is 4.74 Å². The minimum Gasteiger partial charge on any atom is -0.443 e. The molecule has 0 N–H and O–H groups in total. The minimum absolute atomic E-state index is 0.221. The first-order chi connectivity index (χ1) is 7.63. The Hall–Kier alpha value is -1.59. The topological polar surface area (TPSA) is 72.9 Å². The lowest BCUT2D eigenvalue weighted by atomic mass is 10.0. The minimum atomic E-state index is -0.969. The largest absolute Gasteiger partial charge is 0.443 e. The fourth-order valence-corrected chi connectivity index (χ4v) is 1.48. The predicted molar refractivity (Wildman–Crippen MR) is 58.2 cm³/mol. The van der Waals surface area contributed by atoms with Crippen LogP contribution in [-0.4, -0.2) is 34.7 Å². The molecule has 0 aromatic carbocycles. The zero-order valence-electron chi connectivity index (χ0n) is 10.6. The first-order valence-corrected chi connectivity index (χ1v) is 5.41. The SMILES string of the molecule is CC(C)C1C(=O)OC(=O)N1C(=O)OC(C)(C)C. The van der Waals surface area contributed by atoms with E-state index in [0.717, 1.165) is 4.90 Å². The first kappa shape index (κ1) is 13.5. The van der Waals surface area contributed by atoms with Crippen molar-refractivity contribution in [2.75, 3.05) is 0 Å². The van der Waals surface area contributed by atoms with E-state index in [1.165, 1.54) is 0 Å². The highest BCUT2D eigenvalue weighted by atomic mass is 16.6. The van der Waals surface area contributed by atoms with E-state index >= 15 is 0 Å². The molecular formula is C11H17NO5. The maximum atomic E-state index is 11.8. The molecule has 1 fully saturated rings. The molecule has 6 heteroatoms. The Labute approximate surface area is 99.9 Å². The molecule has 1 aliphatic rings. The zero-order valence-corrected chi connectivity index (χ0v) is 10.6. The van der Waals surface area contributed by atoms with Gasteiger partial charge in [0.05, 0.1) is 0 Å². The van der Waals surface area contributed by atoms with Crippen LogP contribution in [-0.2, 0) is 14.3 Å². The number of ether oxygens (including phenoxy) is 2. The second-order valence-corrected chi connectivity index (χ2v) is 5.23. The molecule has 1 unspecified atom stereocenters. The lowest BCUT2D eigenvalue weighted by Gasteiger charge is -2.25. The molecule has 17 heavy (non-hydrogen) atoms. The van der Waals surface area contributed by atoms with Crippen molar-refractivity contribution in [3.8, 4) is 0 Å². The molecule has 2 amide bonds. The third-order valence-corrected chi connectivity index (χ3v) is 2.13. The van der Waals surface area contributed by atoms with Gasteiger partial charge in [0.1, 0.15) is 11.6 Å². The van der Waals surface area contributed by atoms with Crippen molar-refractivity contribution in [3.05, 3.63) is 0 Å². The van der Waals surface area contributed by atoms with E-state index in [9.17, 15) is 14.4 Å². The van der Waals surface area contributed by atoms with Gasteiger partial charge in [-0.25, -0.2) is 14.4 Å². The van der Waals surface area contributed by atoms with Crippen molar-refractivity contribution in [2.45, 2.75) is 46.3 Å². The molecule has 0 radical (unpaired) electrons. The first-order valence-electron chi connectivity index (χ1n) is 5.41. The van der Waals surface area contributed by atoms with Crippen LogP contribution in [0.2, 0.25) is 0 Å².